The smallest absolute Gasteiger partial charge is 0.335 e. The molecule has 0 fully saturated rings. The summed E-state index contributed by atoms with van der Waals surface area (Å²) >= 11 is 0. The molecule has 5 heteroatoms. The Bertz CT molecular complexity index is 357. The van der Waals surface area contributed by atoms with E-state index >= 15 is 0 Å². The summed E-state index contributed by atoms with van der Waals surface area (Å²) in [5.74, 6) is -0.933. The number of aromatic carboxylic acids is 1. The molecule has 0 aromatic heterocycles. The number of aliphatic imine (C=N–C) groups is 1. The second-order valence-electron chi connectivity index (χ2n) is 3.13. The van der Waals surface area contributed by atoms with Crippen LogP contribution < -0.4 is 5.43 Å². The minimum Gasteiger partial charge on any atom is -0.478 e. The Hall–Kier alpha value is -1.88. The monoisotopic (exact) mass is 207 g/mol. The Kier molecular flexibility index (Phi) is 3.82. The number of hydrogen-bond donors (Lipinski definition) is 2. The first kappa shape index (κ1) is 11.2. The fourth-order valence-electron chi connectivity index (χ4n) is 0.909. The van der Waals surface area contributed by atoms with Crippen LogP contribution in [0.5, 0.6) is 0 Å². The highest BCUT2D eigenvalue weighted by Gasteiger charge is 2.00. The van der Waals surface area contributed by atoms with E-state index in [-0.39, 0.29) is 5.56 Å². The van der Waals surface area contributed by atoms with E-state index in [1.807, 2.05) is 14.1 Å². The lowest BCUT2D eigenvalue weighted by atomic mass is 10.2. The van der Waals surface area contributed by atoms with Crippen LogP contribution in [-0.4, -0.2) is 36.5 Å². The Morgan fingerprint density at radius 1 is 1.40 bits per heavy atom. The van der Waals surface area contributed by atoms with Gasteiger partial charge >= 0.3 is 5.97 Å². The van der Waals surface area contributed by atoms with E-state index in [4.69, 9.17) is 5.11 Å². The molecular weight excluding hydrogens is 194 g/mol. The molecule has 80 valence electrons. The van der Waals surface area contributed by atoms with Crippen molar-refractivity contribution in [3.8, 4) is 0 Å². The standard InChI is InChI=1S/C10H13N3O2/c1-13(2)12-7-11-9-5-3-8(4-6-9)10(14)15/h3-7H,1-2H3,(H,11,12)(H,14,15). The van der Waals surface area contributed by atoms with Gasteiger partial charge < -0.3 is 10.5 Å². The zero-order valence-corrected chi connectivity index (χ0v) is 8.64. The quantitative estimate of drug-likeness (QED) is 0.441. The summed E-state index contributed by atoms with van der Waals surface area (Å²) in [5.41, 5.74) is 3.82. The fourth-order valence-corrected chi connectivity index (χ4v) is 0.909. The van der Waals surface area contributed by atoms with E-state index < -0.39 is 5.97 Å². The van der Waals surface area contributed by atoms with Crippen molar-refractivity contribution in [1.29, 1.82) is 0 Å². The topological polar surface area (TPSA) is 64.9 Å². The number of benzene rings is 1. The van der Waals surface area contributed by atoms with Crippen molar-refractivity contribution in [2.45, 2.75) is 0 Å². The van der Waals surface area contributed by atoms with Crippen LogP contribution in [0.4, 0.5) is 5.69 Å². The number of nitrogens with zero attached hydrogens (tertiary/aromatic N) is 2. The molecule has 0 spiro atoms. The number of hydrogen-bond acceptors (Lipinski definition) is 3. The van der Waals surface area contributed by atoms with E-state index in [1.165, 1.54) is 18.5 Å². The van der Waals surface area contributed by atoms with Gasteiger partial charge in [-0.15, -0.1) is 0 Å². The van der Waals surface area contributed by atoms with Crippen LogP contribution in [-0.2, 0) is 0 Å². The Morgan fingerprint density at radius 2 is 2.00 bits per heavy atom. The molecular formula is C10H13N3O2. The lowest BCUT2D eigenvalue weighted by Gasteiger charge is -2.06. The molecule has 5 nitrogen and oxygen atoms in total. The Morgan fingerprint density at radius 3 is 2.47 bits per heavy atom. The molecule has 0 atom stereocenters. The molecule has 0 aliphatic heterocycles. The first-order chi connectivity index (χ1) is 7.09. The first-order valence-electron chi connectivity index (χ1n) is 4.39. The molecule has 1 aromatic carbocycles. The lowest BCUT2D eigenvalue weighted by Crippen LogP contribution is -2.28. The average molecular weight is 207 g/mol. The number of carboxylic acid groups (broad SMARTS) is 1. The van der Waals surface area contributed by atoms with Gasteiger partial charge in [-0.05, 0) is 24.3 Å². The van der Waals surface area contributed by atoms with Crippen molar-refractivity contribution in [1.82, 2.24) is 10.4 Å². The molecule has 0 saturated heterocycles. The molecule has 0 amide bonds. The second kappa shape index (κ2) is 5.11. The summed E-state index contributed by atoms with van der Waals surface area (Å²) in [6.45, 7) is 0. The normalized spacial score (nSPS) is 10.9. The maximum Gasteiger partial charge on any atom is 0.335 e. The molecule has 0 unspecified atom stereocenters. The van der Waals surface area contributed by atoms with E-state index in [9.17, 15) is 4.79 Å². The summed E-state index contributed by atoms with van der Waals surface area (Å²) in [6.07, 6.45) is 1.54. The van der Waals surface area contributed by atoms with Crippen LogP contribution >= 0.6 is 0 Å². The zero-order valence-electron chi connectivity index (χ0n) is 8.64. The van der Waals surface area contributed by atoms with Gasteiger partial charge in [-0.1, -0.05) is 0 Å². The summed E-state index contributed by atoms with van der Waals surface area (Å²) in [6, 6.07) is 6.34. The number of nitrogens with one attached hydrogen (secondary N) is 1. The van der Waals surface area contributed by atoms with E-state index in [0.29, 0.717) is 5.69 Å². The van der Waals surface area contributed by atoms with E-state index in [2.05, 4.69) is 10.4 Å². The molecule has 0 saturated carbocycles. The number of hydrazine groups is 1. The molecule has 1 aromatic rings. The number of carbonyl (C=O) groups is 1. The van der Waals surface area contributed by atoms with Crippen LogP contribution in [0.15, 0.2) is 29.3 Å². The van der Waals surface area contributed by atoms with Crippen LogP contribution in [0.1, 0.15) is 10.4 Å². The number of carboxylic acids is 1. The van der Waals surface area contributed by atoms with Crippen molar-refractivity contribution in [3.63, 3.8) is 0 Å². The summed E-state index contributed by atoms with van der Waals surface area (Å²) < 4.78 is 0. The van der Waals surface area contributed by atoms with E-state index in [0.717, 1.165) is 0 Å². The molecule has 0 aliphatic carbocycles. The maximum absolute atomic E-state index is 10.6. The molecule has 1 rings (SSSR count). The van der Waals surface area contributed by atoms with Crippen LogP contribution in [0, 0.1) is 0 Å². The molecule has 0 bridgehead atoms. The van der Waals surface area contributed by atoms with E-state index in [1.54, 1.807) is 17.1 Å². The summed E-state index contributed by atoms with van der Waals surface area (Å²) in [5, 5.41) is 10.4. The van der Waals surface area contributed by atoms with Gasteiger partial charge in [-0.25, -0.2) is 14.8 Å². The molecule has 0 radical (unpaired) electrons. The predicted octanol–water partition coefficient (Wildman–Crippen LogP) is 1.11. The SMILES string of the molecule is CN(C)NC=Nc1ccc(C(=O)O)cc1. The van der Waals surface area contributed by atoms with Crippen LogP contribution in [0.2, 0.25) is 0 Å². The molecule has 0 aliphatic rings. The van der Waals surface area contributed by atoms with Gasteiger partial charge in [0.05, 0.1) is 11.3 Å². The molecule has 2 N–H and O–H groups in total. The van der Waals surface area contributed by atoms with Gasteiger partial charge in [-0.3, -0.25) is 0 Å². The van der Waals surface area contributed by atoms with Gasteiger partial charge in [0.25, 0.3) is 0 Å². The van der Waals surface area contributed by atoms with Gasteiger partial charge in [0, 0.05) is 14.1 Å². The minimum atomic E-state index is -0.933. The second-order valence-corrected chi connectivity index (χ2v) is 3.13. The van der Waals surface area contributed by atoms with Crippen LogP contribution in [0.3, 0.4) is 0 Å². The third kappa shape index (κ3) is 3.78. The van der Waals surface area contributed by atoms with Crippen molar-refractivity contribution in [3.05, 3.63) is 29.8 Å². The van der Waals surface area contributed by atoms with Crippen molar-refractivity contribution >= 4 is 18.0 Å². The molecule has 15 heavy (non-hydrogen) atoms. The highest BCUT2D eigenvalue weighted by Crippen LogP contribution is 2.11. The largest absolute Gasteiger partial charge is 0.478 e. The van der Waals surface area contributed by atoms with Gasteiger partial charge in [0.15, 0.2) is 0 Å². The van der Waals surface area contributed by atoms with Crippen LogP contribution in [0.25, 0.3) is 0 Å². The maximum atomic E-state index is 10.6. The Balaban J connectivity index is 2.64. The lowest BCUT2D eigenvalue weighted by molar-refractivity contribution is 0.0697. The third-order valence-electron chi connectivity index (χ3n) is 1.64. The predicted molar refractivity (Wildman–Crippen MR) is 58.4 cm³/mol. The van der Waals surface area contributed by atoms with Gasteiger partial charge in [-0.2, -0.15) is 0 Å². The van der Waals surface area contributed by atoms with Gasteiger partial charge in [0.1, 0.15) is 6.34 Å². The Labute approximate surface area is 88.0 Å². The van der Waals surface area contributed by atoms with Crippen molar-refractivity contribution < 1.29 is 9.90 Å². The molecule has 0 heterocycles. The van der Waals surface area contributed by atoms with Crippen molar-refractivity contribution in [2.24, 2.45) is 4.99 Å². The minimum absolute atomic E-state index is 0.259. The van der Waals surface area contributed by atoms with Gasteiger partial charge in [0.2, 0.25) is 0 Å². The fraction of sp³-hybridized carbons (Fsp3) is 0.200. The highest BCUT2D eigenvalue weighted by molar-refractivity contribution is 5.87. The summed E-state index contributed by atoms with van der Waals surface area (Å²) in [4.78, 5) is 14.6. The average Bonchev–Trinajstić information content (AvgIpc) is 2.18. The highest BCUT2D eigenvalue weighted by atomic mass is 16.4. The van der Waals surface area contributed by atoms with Crippen molar-refractivity contribution in [2.75, 3.05) is 14.1 Å². The third-order valence-corrected chi connectivity index (χ3v) is 1.64. The zero-order chi connectivity index (χ0) is 11.3. The number of rotatable bonds is 4. The first-order valence-corrected chi connectivity index (χ1v) is 4.39. The summed E-state index contributed by atoms with van der Waals surface area (Å²) in [7, 11) is 3.69.